The maximum atomic E-state index is 6.27. The van der Waals surface area contributed by atoms with Crippen LogP contribution >= 0.6 is 11.6 Å². The van der Waals surface area contributed by atoms with E-state index < -0.39 is 0 Å². The largest absolute Gasteiger partial charge is 0.397 e. The molecule has 0 aromatic heterocycles. The van der Waals surface area contributed by atoms with Crippen molar-refractivity contribution in [2.24, 2.45) is 0 Å². The highest BCUT2D eigenvalue weighted by Gasteiger charge is 2.28. The predicted octanol–water partition coefficient (Wildman–Crippen LogP) is 2.93. The minimum atomic E-state index is 0.216. The van der Waals surface area contributed by atoms with Crippen molar-refractivity contribution < 1.29 is 4.74 Å². The van der Waals surface area contributed by atoms with Crippen LogP contribution in [0.5, 0.6) is 0 Å². The minimum Gasteiger partial charge on any atom is -0.397 e. The Kier molecular flexibility index (Phi) is 3.79. The molecule has 1 aliphatic rings. The van der Waals surface area contributed by atoms with Gasteiger partial charge in [0, 0.05) is 6.54 Å². The van der Waals surface area contributed by atoms with Gasteiger partial charge in [0.2, 0.25) is 0 Å². The van der Waals surface area contributed by atoms with Crippen LogP contribution in [0.15, 0.2) is 18.2 Å². The number of para-hydroxylation sites is 1. The Bertz CT molecular complexity index is 377. The summed E-state index contributed by atoms with van der Waals surface area (Å²) in [5, 5.41) is 0.720. The van der Waals surface area contributed by atoms with E-state index in [0.29, 0.717) is 6.04 Å². The van der Waals surface area contributed by atoms with E-state index >= 15 is 0 Å². The third-order valence-electron chi connectivity index (χ3n) is 3.24. The van der Waals surface area contributed by atoms with Crippen molar-refractivity contribution >= 4 is 23.0 Å². The first-order valence-corrected chi connectivity index (χ1v) is 6.43. The first-order chi connectivity index (χ1) is 8.13. The van der Waals surface area contributed by atoms with Crippen molar-refractivity contribution in [1.29, 1.82) is 0 Å². The van der Waals surface area contributed by atoms with Crippen LogP contribution in [0.2, 0.25) is 5.02 Å². The second-order valence-corrected chi connectivity index (χ2v) is 4.94. The highest BCUT2D eigenvalue weighted by atomic mass is 35.5. The topological polar surface area (TPSA) is 38.5 Å². The van der Waals surface area contributed by atoms with E-state index in [-0.39, 0.29) is 6.10 Å². The summed E-state index contributed by atoms with van der Waals surface area (Å²) < 4.78 is 5.69. The lowest BCUT2D eigenvalue weighted by atomic mass is 10.1. The lowest BCUT2D eigenvalue weighted by Crippen LogP contribution is -2.49. The highest BCUT2D eigenvalue weighted by Crippen LogP contribution is 2.35. The molecule has 1 aromatic carbocycles. The van der Waals surface area contributed by atoms with Gasteiger partial charge in [-0.15, -0.1) is 0 Å². The lowest BCUT2D eigenvalue weighted by Gasteiger charge is -2.40. The summed E-state index contributed by atoms with van der Waals surface area (Å²) in [5.41, 5.74) is 7.74. The van der Waals surface area contributed by atoms with Crippen molar-refractivity contribution in [3.63, 3.8) is 0 Å². The molecule has 0 saturated carbocycles. The zero-order valence-corrected chi connectivity index (χ0v) is 11.1. The Labute approximate surface area is 107 Å². The monoisotopic (exact) mass is 254 g/mol. The number of nitrogens with two attached hydrogens (primary N) is 1. The maximum Gasteiger partial charge on any atom is 0.0793 e. The van der Waals surface area contributed by atoms with E-state index in [1.165, 1.54) is 0 Å². The molecule has 1 aromatic rings. The Balaban J connectivity index is 2.35. The molecular formula is C13H19ClN2O. The molecule has 94 valence electrons. The van der Waals surface area contributed by atoms with Gasteiger partial charge >= 0.3 is 0 Å². The number of nitrogen functional groups attached to an aromatic ring is 1. The van der Waals surface area contributed by atoms with Crippen molar-refractivity contribution in [3.05, 3.63) is 23.2 Å². The third kappa shape index (κ3) is 2.50. The minimum absolute atomic E-state index is 0.216. The second kappa shape index (κ2) is 5.15. The van der Waals surface area contributed by atoms with Crippen molar-refractivity contribution in [2.45, 2.75) is 32.4 Å². The zero-order chi connectivity index (χ0) is 12.4. The predicted molar refractivity (Wildman–Crippen MR) is 72.7 cm³/mol. The van der Waals surface area contributed by atoms with Crippen LogP contribution in [0.4, 0.5) is 11.4 Å². The second-order valence-electron chi connectivity index (χ2n) is 4.54. The van der Waals surface area contributed by atoms with Gasteiger partial charge in [0.1, 0.15) is 0 Å². The van der Waals surface area contributed by atoms with Gasteiger partial charge < -0.3 is 15.4 Å². The standard InChI is InChI=1S/C13H19ClN2O/c1-3-10-8-17-9(2)7-16(10)13-11(14)5-4-6-12(13)15/h4-6,9-10H,3,7-8,15H2,1-2H3. The van der Waals surface area contributed by atoms with E-state index in [9.17, 15) is 0 Å². The number of halogens is 1. The molecule has 2 atom stereocenters. The summed E-state index contributed by atoms with van der Waals surface area (Å²) in [5.74, 6) is 0. The molecule has 1 fully saturated rings. The van der Waals surface area contributed by atoms with Gasteiger partial charge in [0.15, 0.2) is 0 Å². The van der Waals surface area contributed by atoms with Crippen LogP contribution in [0, 0.1) is 0 Å². The van der Waals surface area contributed by atoms with Gasteiger partial charge in [-0.3, -0.25) is 0 Å². The van der Waals surface area contributed by atoms with E-state index in [0.717, 1.165) is 36.0 Å². The molecule has 0 bridgehead atoms. The van der Waals surface area contributed by atoms with Crippen molar-refractivity contribution in [3.8, 4) is 0 Å². The summed E-state index contributed by atoms with van der Waals surface area (Å²) >= 11 is 6.27. The molecule has 0 radical (unpaired) electrons. The van der Waals surface area contributed by atoms with Crippen LogP contribution in [0.25, 0.3) is 0 Å². The molecule has 2 unspecified atom stereocenters. The average molecular weight is 255 g/mol. The summed E-state index contributed by atoms with van der Waals surface area (Å²) in [6.45, 7) is 5.81. The van der Waals surface area contributed by atoms with Gasteiger partial charge in [-0.2, -0.15) is 0 Å². The van der Waals surface area contributed by atoms with Crippen LogP contribution in [-0.2, 0) is 4.74 Å². The Morgan fingerprint density at radius 3 is 2.94 bits per heavy atom. The number of rotatable bonds is 2. The van der Waals surface area contributed by atoms with Crippen molar-refractivity contribution in [1.82, 2.24) is 0 Å². The molecule has 2 N–H and O–H groups in total. The van der Waals surface area contributed by atoms with Gasteiger partial charge in [0.05, 0.1) is 35.2 Å². The lowest BCUT2D eigenvalue weighted by molar-refractivity contribution is 0.0300. The molecule has 0 amide bonds. The molecule has 1 saturated heterocycles. The first-order valence-electron chi connectivity index (χ1n) is 6.05. The fourth-order valence-electron chi connectivity index (χ4n) is 2.29. The number of morpholine rings is 1. The number of nitrogens with zero attached hydrogens (tertiary/aromatic N) is 1. The number of hydrogen-bond donors (Lipinski definition) is 1. The van der Waals surface area contributed by atoms with E-state index in [1.54, 1.807) is 0 Å². The molecule has 1 aliphatic heterocycles. The molecule has 17 heavy (non-hydrogen) atoms. The SMILES string of the molecule is CCC1COC(C)CN1c1c(N)cccc1Cl. The Morgan fingerprint density at radius 1 is 1.53 bits per heavy atom. The van der Waals surface area contributed by atoms with Crippen molar-refractivity contribution in [2.75, 3.05) is 23.8 Å². The van der Waals surface area contributed by atoms with Gasteiger partial charge in [-0.25, -0.2) is 0 Å². The van der Waals surface area contributed by atoms with E-state index in [4.69, 9.17) is 22.1 Å². The van der Waals surface area contributed by atoms with Crippen LogP contribution in [0.3, 0.4) is 0 Å². The summed E-state index contributed by atoms with van der Waals surface area (Å²) in [7, 11) is 0. The number of ether oxygens (including phenoxy) is 1. The number of hydrogen-bond acceptors (Lipinski definition) is 3. The smallest absolute Gasteiger partial charge is 0.0793 e. The maximum absolute atomic E-state index is 6.27. The van der Waals surface area contributed by atoms with Gasteiger partial charge in [-0.1, -0.05) is 24.6 Å². The number of anilines is 2. The Morgan fingerprint density at radius 2 is 2.29 bits per heavy atom. The summed E-state index contributed by atoms with van der Waals surface area (Å²) in [6.07, 6.45) is 1.24. The molecule has 1 heterocycles. The molecular weight excluding hydrogens is 236 g/mol. The van der Waals surface area contributed by atoms with Gasteiger partial charge in [-0.05, 0) is 25.5 Å². The van der Waals surface area contributed by atoms with Gasteiger partial charge in [0.25, 0.3) is 0 Å². The Hall–Kier alpha value is -0.930. The van der Waals surface area contributed by atoms with Crippen LogP contribution in [-0.4, -0.2) is 25.3 Å². The van der Waals surface area contributed by atoms with Crippen LogP contribution < -0.4 is 10.6 Å². The molecule has 2 rings (SSSR count). The fraction of sp³-hybridized carbons (Fsp3) is 0.538. The quantitative estimate of drug-likeness (QED) is 0.825. The average Bonchev–Trinajstić information content (AvgIpc) is 2.29. The zero-order valence-electron chi connectivity index (χ0n) is 10.3. The molecule has 0 spiro atoms. The first kappa shape index (κ1) is 12.5. The number of benzene rings is 1. The highest BCUT2D eigenvalue weighted by molar-refractivity contribution is 6.34. The van der Waals surface area contributed by atoms with E-state index in [1.807, 2.05) is 18.2 Å². The summed E-state index contributed by atoms with van der Waals surface area (Å²) in [4.78, 5) is 2.28. The molecule has 3 nitrogen and oxygen atoms in total. The summed E-state index contributed by atoms with van der Waals surface area (Å²) in [6, 6.07) is 6.02. The normalized spacial score (nSPS) is 25.0. The fourth-order valence-corrected chi connectivity index (χ4v) is 2.58. The van der Waals surface area contributed by atoms with E-state index in [2.05, 4.69) is 18.7 Å². The molecule has 4 heteroatoms. The molecule has 0 aliphatic carbocycles. The van der Waals surface area contributed by atoms with Crippen LogP contribution in [0.1, 0.15) is 20.3 Å². The third-order valence-corrected chi connectivity index (χ3v) is 3.55.